The highest BCUT2D eigenvalue weighted by Crippen LogP contribution is 2.13. The molecular weight excluding hydrogens is 500 g/mol. The van der Waals surface area contributed by atoms with Gasteiger partial charge in [0, 0.05) is 87.5 Å². The third kappa shape index (κ3) is 7.94. The van der Waals surface area contributed by atoms with E-state index in [-0.39, 0.29) is 11.8 Å². The van der Waals surface area contributed by atoms with Crippen LogP contribution in [-0.4, -0.2) is 59.2 Å². The minimum absolute atomic E-state index is 0.284. The number of nitrogens with one attached hydrogen (secondary N) is 2. The Morgan fingerprint density at radius 3 is 1.25 bits per heavy atom. The SMILES string of the molecule is O=C(NN=C1CCN(Cc2ccccc2)CC1)c1ccc(C(=O)NN=C2CCN(Cc3ccccc3)CC2)cc1. The molecule has 206 valence electrons. The van der Waals surface area contributed by atoms with E-state index in [0.717, 1.165) is 76.4 Å². The molecule has 8 nitrogen and oxygen atoms in total. The minimum Gasteiger partial charge on any atom is -0.298 e. The molecular formula is C32H36N6O2. The van der Waals surface area contributed by atoms with E-state index in [0.29, 0.717) is 11.1 Å². The summed E-state index contributed by atoms with van der Waals surface area (Å²) in [7, 11) is 0. The lowest BCUT2D eigenvalue weighted by Gasteiger charge is -2.27. The summed E-state index contributed by atoms with van der Waals surface area (Å²) in [5.74, 6) is -0.567. The van der Waals surface area contributed by atoms with Crippen molar-refractivity contribution < 1.29 is 9.59 Å². The third-order valence-electron chi connectivity index (χ3n) is 7.40. The minimum atomic E-state index is -0.284. The maximum absolute atomic E-state index is 12.6. The van der Waals surface area contributed by atoms with E-state index < -0.39 is 0 Å². The summed E-state index contributed by atoms with van der Waals surface area (Å²) < 4.78 is 0. The number of rotatable bonds is 8. The summed E-state index contributed by atoms with van der Waals surface area (Å²) in [6, 6.07) is 27.4. The monoisotopic (exact) mass is 536 g/mol. The summed E-state index contributed by atoms with van der Waals surface area (Å²) in [4.78, 5) is 30.0. The zero-order chi connectivity index (χ0) is 27.6. The van der Waals surface area contributed by atoms with Crippen LogP contribution in [0, 0.1) is 0 Å². The van der Waals surface area contributed by atoms with Crippen molar-refractivity contribution in [1.29, 1.82) is 0 Å². The molecule has 3 aromatic carbocycles. The first kappa shape index (κ1) is 27.4. The zero-order valence-electron chi connectivity index (χ0n) is 22.8. The molecule has 0 aliphatic carbocycles. The van der Waals surface area contributed by atoms with Crippen molar-refractivity contribution in [1.82, 2.24) is 20.7 Å². The molecule has 2 amide bonds. The van der Waals surface area contributed by atoms with E-state index in [1.165, 1.54) is 11.1 Å². The van der Waals surface area contributed by atoms with Crippen LogP contribution in [0.3, 0.4) is 0 Å². The topological polar surface area (TPSA) is 89.4 Å². The van der Waals surface area contributed by atoms with Gasteiger partial charge in [-0.3, -0.25) is 19.4 Å². The van der Waals surface area contributed by atoms with Crippen LogP contribution < -0.4 is 10.9 Å². The van der Waals surface area contributed by atoms with Crippen LogP contribution in [0.5, 0.6) is 0 Å². The number of amides is 2. The summed E-state index contributed by atoms with van der Waals surface area (Å²) in [5, 5.41) is 8.72. The van der Waals surface area contributed by atoms with E-state index in [4.69, 9.17) is 0 Å². The van der Waals surface area contributed by atoms with Gasteiger partial charge in [0.1, 0.15) is 0 Å². The van der Waals surface area contributed by atoms with Crippen molar-refractivity contribution >= 4 is 23.2 Å². The average Bonchev–Trinajstić information content (AvgIpc) is 3.01. The van der Waals surface area contributed by atoms with Gasteiger partial charge < -0.3 is 0 Å². The summed E-state index contributed by atoms with van der Waals surface area (Å²) >= 11 is 0. The molecule has 0 atom stereocenters. The Hall–Kier alpha value is -4.14. The predicted octanol–water partition coefficient (Wildman–Crippen LogP) is 4.45. The Balaban J connectivity index is 1.03. The summed E-state index contributed by atoms with van der Waals surface area (Å²) in [6.07, 6.45) is 3.33. The normalized spacial score (nSPS) is 16.3. The smallest absolute Gasteiger partial charge is 0.271 e. The molecule has 2 aliphatic heterocycles. The van der Waals surface area contributed by atoms with Crippen LogP contribution in [-0.2, 0) is 13.1 Å². The van der Waals surface area contributed by atoms with Gasteiger partial charge in [-0.2, -0.15) is 10.2 Å². The molecule has 2 saturated heterocycles. The molecule has 5 rings (SSSR count). The Bertz CT molecular complexity index is 1210. The first-order chi connectivity index (χ1) is 19.6. The molecule has 0 saturated carbocycles. The van der Waals surface area contributed by atoms with E-state index in [2.05, 4.69) is 79.4 Å². The molecule has 2 aliphatic rings. The van der Waals surface area contributed by atoms with Crippen LogP contribution in [0.4, 0.5) is 0 Å². The first-order valence-electron chi connectivity index (χ1n) is 14.0. The molecule has 0 aromatic heterocycles. The standard InChI is InChI=1S/C32H36N6O2/c39-31(35-33-29-15-19-37(20-16-29)23-25-7-3-1-4-8-25)27-11-13-28(14-12-27)32(40)36-34-30-17-21-38(22-18-30)24-26-9-5-2-6-10-26/h1-14H,15-24H2,(H,35,39)(H,36,40). The maximum atomic E-state index is 12.6. The fraction of sp³-hybridized carbons (Fsp3) is 0.312. The van der Waals surface area contributed by atoms with Gasteiger partial charge in [0.15, 0.2) is 0 Å². The summed E-state index contributed by atoms with van der Waals surface area (Å²) in [6.45, 7) is 5.54. The van der Waals surface area contributed by atoms with Crippen LogP contribution in [0.2, 0.25) is 0 Å². The Kier molecular flexibility index (Phi) is 9.45. The number of carbonyl (C=O) groups excluding carboxylic acids is 2. The van der Waals surface area contributed by atoms with Gasteiger partial charge in [-0.25, -0.2) is 10.9 Å². The van der Waals surface area contributed by atoms with E-state index in [9.17, 15) is 9.59 Å². The molecule has 40 heavy (non-hydrogen) atoms. The highest BCUT2D eigenvalue weighted by molar-refractivity contribution is 5.99. The number of nitrogens with zero attached hydrogens (tertiary/aromatic N) is 4. The summed E-state index contributed by atoms with van der Waals surface area (Å²) in [5.41, 5.74) is 10.9. The molecule has 2 heterocycles. The van der Waals surface area contributed by atoms with Crippen molar-refractivity contribution in [2.75, 3.05) is 26.2 Å². The second-order valence-corrected chi connectivity index (χ2v) is 10.3. The fourth-order valence-electron chi connectivity index (χ4n) is 5.01. The quantitative estimate of drug-likeness (QED) is 0.417. The predicted molar refractivity (Wildman–Crippen MR) is 158 cm³/mol. The lowest BCUT2D eigenvalue weighted by molar-refractivity contribution is 0.0942. The lowest BCUT2D eigenvalue weighted by Crippen LogP contribution is -2.34. The first-order valence-corrected chi connectivity index (χ1v) is 14.0. The Morgan fingerprint density at radius 2 is 0.900 bits per heavy atom. The van der Waals surface area contributed by atoms with E-state index >= 15 is 0 Å². The second kappa shape index (κ2) is 13.8. The number of likely N-dealkylation sites (tertiary alicyclic amines) is 2. The van der Waals surface area contributed by atoms with Gasteiger partial charge in [0.05, 0.1) is 0 Å². The van der Waals surface area contributed by atoms with Crippen molar-refractivity contribution in [3.05, 3.63) is 107 Å². The number of carbonyl (C=O) groups is 2. The largest absolute Gasteiger partial charge is 0.298 e. The molecule has 0 unspecified atom stereocenters. The molecule has 0 radical (unpaired) electrons. The molecule has 8 heteroatoms. The van der Waals surface area contributed by atoms with Crippen LogP contribution >= 0.6 is 0 Å². The Morgan fingerprint density at radius 1 is 0.550 bits per heavy atom. The van der Waals surface area contributed by atoms with Gasteiger partial charge in [-0.05, 0) is 35.4 Å². The molecule has 0 bridgehead atoms. The van der Waals surface area contributed by atoms with E-state index in [1.54, 1.807) is 24.3 Å². The molecule has 3 aromatic rings. The van der Waals surface area contributed by atoms with Crippen LogP contribution in [0.25, 0.3) is 0 Å². The van der Waals surface area contributed by atoms with Crippen molar-refractivity contribution in [2.24, 2.45) is 10.2 Å². The van der Waals surface area contributed by atoms with Gasteiger partial charge >= 0.3 is 0 Å². The van der Waals surface area contributed by atoms with Crippen LogP contribution in [0.15, 0.2) is 95.1 Å². The van der Waals surface area contributed by atoms with Gasteiger partial charge in [-0.1, -0.05) is 60.7 Å². The molecule has 2 fully saturated rings. The van der Waals surface area contributed by atoms with Crippen LogP contribution in [0.1, 0.15) is 57.5 Å². The fourth-order valence-corrected chi connectivity index (χ4v) is 5.01. The third-order valence-corrected chi connectivity index (χ3v) is 7.40. The van der Waals surface area contributed by atoms with Crippen molar-refractivity contribution in [2.45, 2.75) is 38.8 Å². The van der Waals surface area contributed by atoms with Crippen molar-refractivity contribution in [3.8, 4) is 0 Å². The Labute approximate surface area is 235 Å². The number of hydrazone groups is 2. The maximum Gasteiger partial charge on any atom is 0.271 e. The number of benzene rings is 3. The highest BCUT2D eigenvalue weighted by Gasteiger charge is 2.17. The number of hydrogen-bond acceptors (Lipinski definition) is 6. The molecule has 2 N–H and O–H groups in total. The van der Waals surface area contributed by atoms with E-state index in [1.807, 2.05) is 12.1 Å². The average molecular weight is 537 g/mol. The van der Waals surface area contributed by atoms with Crippen molar-refractivity contribution in [3.63, 3.8) is 0 Å². The number of piperidine rings is 2. The second-order valence-electron chi connectivity index (χ2n) is 10.3. The van der Waals surface area contributed by atoms with Gasteiger partial charge in [0.2, 0.25) is 0 Å². The number of hydrogen-bond donors (Lipinski definition) is 2. The lowest BCUT2D eigenvalue weighted by atomic mass is 10.1. The highest BCUT2D eigenvalue weighted by atomic mass is 16.2. The zero-order valence-corrected chi connectivity index (χ0v) is 22.8. The van der Waals surface area contributed by atoms with Gasteiger partial charge in [-0.15, -0.1) is 0 Å². The van der Waals surface area contributed by atoms with Gasteiger partial charge in [0.25, 0.3) is 11.8 Å². The molecule has 0 spiro atoms.